The van der Waals surface area contributed by atoms with Gasteiger partial charge in [0.2, 0.25) is 11.5 Å². The number of nitro groups is 1. The molecule has 1 radical (unpaired) electrons. The van der Waals surface area contributed by atoms with E-state index in [2.05, 4.69) is 60.7 Å². The number of nitro benzene ring substituents is 1. The summed E-state index contributed by atoms with van der Waals surface area (Å²) in [6.07, 6.45) is 2.32. The van der Waals surface area contributed by atoms with Crippen LogP contribution < -0.4 is 11.5 Å². The number of carboxylic acid groups (broad SMARTS) is 2. The number of benzene rings is 6. The number of halogens is 1. The van der Waals surface area contributed by atoms with Crippen molar-refractivity contribution in [3.05, 3.63) is 177 Å². The van der Waals surface area contributed by atoms with Crippen molar-refractivity contribution in [2.45, 2.75) is 45.4 Å². The second-order valence-electron chi connectivity index (χ2n) is 17.5. The standard InChI is InChI=1S/C18H11N3O5.C11H8N2O.C10H8BrNO.C10H9NO.C6H8N2.C4H4O5.BHNS/c19-9-12(5-10-6-15(21(25)26)18(24)16(22)7-10)17(23)14-8-11-3-1-2-4-13(11)20-14;12-6-5-11(14)10-7-8-3-1-2-4-9(8)13-10;11-6-10(13)9-5-7-3-1-2-4-8(7)12-9;1-7(12)10-6-8-4-2-3-5-9(8)11-10;7-5-3-1-2-4-6(5)8;5-2(4(8)9)1-3(6)7;1-2-3/h1-7,22,24H,8H2;1-4H,5,7H2;1-4H,5-6H2;2-5H,6H2,1H3;1-4H,7-8H2;1H2,(H,6,7)(H,8,9);3H/b12-5+;;;;;;. The number of allylic oxidation sites excluding steroid dienone is 1. The van der Waals surface area contributed by atoms with Gasteiger partial charge in [0.1, 0.15) is 18.1 Å². The fraction of sp³-hybridized carbons (Fsp3) is 0.136. The zero-order chi connectivity index (χ0) is 62.8. The summed E-state index contributed by atoms with van der Waals surface area (Å²) in [6, 6.07) is 43.4. The maximum absolute atomic E-state index is 12.6. The number of nitrogens with zero attached hydrogens (tertiary/aromatic N) is 8. The van der Waals surface area contributed by atoms with Crippen LogP contribution in [-0.4, -0.2) is 102 Å². The Bertz CT molecular complexity index is 3830. The first-order chi connectivity index (χ1) is 40.5. The van der Waals surface area contributed by atoms with Gasteiger partial charge in [0.05, 0.1) is 79.7 Å². The molecule has 0 atom stereocenters. The number of ketones is 5. The van der Waals surface area contributed by atoms with Crippen molar-refractivity contribution in [1.29, 1.82) is 10.5 Å². The number of carboxylic acids is 2. The van der Waals surface area contributed by atoms with Crippen LogP contribution in [0.4, 0.5) is 39.8 Å². The fourth-order valence-corrected chi connectivity index (χ4v) is 7.81. The van der Waals surface area contributed by atoms with E-state index in [0.29, 0.717) is 58.8 Å². The van der Waals surface area contributed by atoms with E-state index in [-0.39, 0.29) is 47.0 Å². The molecule has 6 aromatic carbocycles. The number of para-hydroxylation sites is 6. The molecule has 0 spiro atoms. The van der Waals surface area contributed by atoms with Crippen LogP contribution in [-0.2, 0) is 59.2 Å². The van der Waals surface area contributed by atoms with Crippen molar-refractivity contribution >= 4 is 146 Å². The number of carbonyl (C=O) groups excluding carboxylic acids is 5. The summed E-state index contributed by atoms with van der Waals surface area (Å²) in [5, 5.41) is 63.7. The number of aromatic hydroxyl groups is 2. The van der Waals surface area contributed by atoms with Gasteiger partial charge in [0.15, 0.2) is 23.1 Å². The van der Waals surface area contributed by atoms with E-state index in [4.69, 9.17) is 26.9 Å². The molecule has 4 aliphatic rings. The van der Waals surface area contributed by atoms with Gasteiger partial charge in [-0.1, -0.05) is 101 Å². The third-order valence-corrected chi connectivity index (χ3v) is 12.1. The Kier molecular flexibility index (Phi) is 26.2. The summed E-state index contributed by atoms with van der Waals surface area (Å²) in [5.41, 5.74) is 20.8. The molecule has 4 heterocycles. The average Bonchev–Trinajstić information content (AvgIpc) is 4.02. The Balaban J connectivity index is 0.000000227. The van der Waals surface area contributed by atoms with E-state index in [1.165, 1.54) is 0 Å². The van der Waals surface area contributed by atoms with Gasteiger partial charge in [-0.15, -0.1) is 0 Å². The van der Waals surface area contributed by atoms with Crippen molar-refractivity contribution < 1.29 is 58.9 Å². The Morgan fingerprint density at radius 1 is 0.682 bits per heavy atom. The van der Waals surface area contributed by atoms with Crippen LogP contribution in [0, 0.1) is 32.8 Å². The number of aliphatic carboxylic acids is 2. The fourth-order valence-electron chi connectivity index (χ4n) is 7.49. The Labute approximate surface area is 500 Å². The van der Waals surface area contributed by atoms with Crippen LogP contribution in [0.1, 0.15) is 47.6 Å². The van der Waals surface area contributed by atoms with Crippen molar-refractivity contribution in [1.82, 2.24) is 0 Å². The van der Waals surface area contributed by atoms with Crippen molar-refractivity contribution in [2.24, 2.45) is 24.3 Å². The zero-order valence-corrected chi connectivity index (χ0v) is 47.3. The first-order valence-corrected chi connectivity index (χ1v) is 26.2. The quantitative estimate of drug-likeness (QED) is 0.00513. The topological polar surface area (TPSA) is 405 Å². The van der Waals surface area contributed by atoms with Gasteiger partial charge in [-0.25, -0.2) is 24.8 Å². The number of rotatable bonds is 12. The van der Waals surface area contributed by atoms with Crippen LogP contribution in [0.25, 0.3) is 6.08 Å². The van der Waals surface area contributed by atoms with Crippen molar-refractivity contribution in [2.75, 3.05) is 16.8 Å². The molecule has 10 rings (SSSR count). The van der Waals surface area contributed by atoms with Gasteiger partial charge >= 0.3 is 42.4 Å². The normalized spacial score (nSPS) is 12.0. The van der Waals surface area contributed by atoms with Crippen molar-refractivity contribution in [3.8, 4) is 23.6 Å². The average molecular weight is 1230 g/mol. The van der Waals surface area contributed by atoms with Crippen LogP contribution in [0.5, 0.6) is 11.5 Å². The third kappa shape index (κ3) is 20.4. The third-order valence-electron chi connectivity index (χ3n) is 11.6. The number of hydrogen-bond acceptors (Lipinski definition) is 21. The number of Topliss-reactive ketones (excluding diaryl/α,β-unsaturated/α-hetero) is 5. The molecule has 0 saturated carbocycles. The van der Waals surface area contributed by atoms with E-state index in [1.807, 2.05) is 103 Å². The SMILES string of the molecule is CC(=O)C1=Nc2ccccc2C1.N#C/C(=C\c1cc(O)c(O)c([N+](=O)[O-])c1)C(=O)C1=Nc2ccccc2C1.N#CCC(=O)C1=Nc2ccccc2C1.Nc1ccccc1N.O=C(CBr)C1=Nc2ccccc2C1.O=C(O)CC(=O)C(=O)O.[B]=NS. The number of anilines is 2. The molecule has 8 N–H and O–H groups in total. The molecule has 26 heteroatoms. The van der Waals surface area contributed by atoms with Crippen LogP contribution in [0.15, 0.2) is 163 Å². The summed E-state index contributed by atoms with van der Waals surface area (Å²) >= 11 is 6.33. The van der Waals surface area contributed by atoms with Gasteiger partial charge in [-0.3, -0.25) is 38.9 Å². The second-order valence-corrected chi connectivity index (χ2v) is 18.3. The molecule has 0 fully saturated rings. The summed E-state index contributed by atoms with van der Waals surface area (Å²) in [6.45, 7) is 1.56. The molecule has 4 aliphatic heterocycles. The Hall–Kier alpha value is -10.7. The number of nitrogens with two attached hydrogens (primary N) is 2. The van der Waals surface area contributed by atoms with Gasteiger partial charge in [-0.05, 0) is 76.4 Å². The first-order valence-electron chi connectivity index (χ1n) is 24.7. The van der Waals surface area contributed by atoms with Gasteiger partial charge < -0.3 is 31.9 Å². The number of alkyl halides is 1. The summed E-state index contributed by atoms with van der Waals surface area (Å²) in [7, 11) is 4.34. The van der Waals surface area contributed by atoms with Crippen LogP contribution >= 0.6 is 28.7 Å². The van der Waals surface area contributed by atoms with E-state index in [1.54, 1.807) is 37.3 Å². The van der Waals surface area contributed by atoms with E-state index in [9.17, 15) is 59.2 Å². The number of thiol groups is 1. The number of nitriles is 2. The number of hydrogen-bond donors (Lipinski definition) is 7. The monoisotopic (exact) mass is 1230 g/mol. The van der Waals surface area contributed by atoms with Crippen LogP contribution in [0.2, 0.25) is 0 Å². The molecule has 0 bridgehead atoms. The van der Waals surface area contributed by atoms with Gasteiger partial charge in [-0.2, -0.15) is 10.5 Å². The van der Waals surface area contributed by atoms with E-state index >= 15 is 0 Å². The number of phenolic OH excluding ortho intramolecular Hbond substituents is 2. The molecule has 6 aromatic rings. The predicted octanol–water partition coefficient (Wildman–Crippen LogP) is 8.94. The molecule has 23 nitrogen and oxygen atoms in total. The summed E-state index contributed by atoms with van der Waals surface area (Å²) in [4.78, 5) is 102. The molecule has 0 aliphatic carbocycles. The van der Waals surface area contributed by atoms with Crippen molar-refractivity contribution in [3.63, 3.8) is 0 Å². The first kappa shape index (κ1) is 66.8. The number of carbonyl (C=O) groups is 7. The summed E-state index contributed by atoms with van der Waals surface area (Å²) < 4.78 is 2.69. The second kappa shape index (κ2) is 33.3. The Morgan fingerprint density at radius 2 is 1.07 bits per heavy atom. The zero-order valence-electron chi connectivity index (χ0n) is 44.8. The number of aliphatic imine (C=N–C) groups is 4. The molecule has 0 aromatic heterocycles. The van der Waals surface area contributed by atoms with Crippen LogP contribution in [0.3, 0.4) is 0 Å². The minimum absolute atomic E-state index is 0.0352. The Morgan fingerprint density at radius 3 is 1.42 bits per heavy atom. The van der Waals surface area contributed by atoms with E-state index < -0.39 is 52.0 Å². The molecule has 0 saturated heterocycles. The number of nitrogen functional groups attached to an aromatic ring is 2. The molecule has 0 unspecified atom stereocenters. The maximum atomic E-state index is 12.6. The van der Waals surface area contributed by atoms with Gasteiger partial charge in [0, 0.05) is 38.7 Å². The summed E-state index contributed by atoms with van der Waals surface area (Å²) in [5.74, 6) is -6.65. The molecule has 0 amide bonds. The van der Waals surface area contributed by atoms with E-state index in [0.717, 1.165) is 57.5 Å². The molecular weight excluding hydrogens is 1180 g/mol. The molecule has 429 valence electrons. The molecule has 85 heavy (non-hydrogen) atoms. The predicted molar refractivity (Wildman–Crippen MR) is 326 cm³/mol. The minimum atomic E-state index is -1.71. The number of fused-ring (bicyclic) bond motifs is 4. The number of phenols is 2. The molecular formula is C59H49BBrN10O13S. The van der Waals surface area contributed by atoms with Gasteiger partial charge in [0.25, 0.3) is 5.78 Å².